The molecular weight excluding hydrogens is 277 g/mol. The van der Waals surface area contributed by atoms with Crippen LogP contribution in [0.25, 0.3) is 0 Å². The molecule has 0 radical (unpaired) electrons. The van der Waals surface area contributed by atoms with Crippen molar-refractivity contribution in [3.8, 4) is 0 Å². The zero-order chi connectivity index (χ0) is 16.2. The van der Waals surface area contributed by atoms with Crippen LogP contribution in [0.2, 0.25) is 0 Å². The van der Waals surface area contributed by atoms with Crippen molar-refractivity contribution in [1.82, 2.24) is 5.32 Å². The molecule has 114 valence electrons. The standard InChI is InChI=1S/C15H18FNO4/c1-4-12(18)15(5-2,14(20)21)17-13(19)10-7-6-9(3)11(16)8-10/h6-8H,4-5H2,1-3H3,(H,17,19)(H,20,21). The fraction of sp³-hybridized carbons (Fsp3) is 0.400. The smallest absolute Gasteiger partial charge is 0.337 e. The number of carboxylic acid groups (broad SMARTS) is 1. The van der Waals surface area contributed by atoms with Crippen molar-refractivity contribution in [2.45, 2.75) is 39.2 Å². The lowest BCUT2D eigenvalue weighted by Crippen LogP contribution is -2.59. The van der Waals surface area contributed by atoms with Gasteiger partial charge in [-0.15, -0.1) is 0 Å². The number of amides is 1. The summed E-state index contributed by atoms with van der Waals surface area (Å²) in [5.41, 5.74) is -1.63. The highest BCUT2D eigenvalue weighted by Gasteiger charge is 2.44. The summed E-state index contributed by atoms with van der Waals surface area (Å²) >= 11 is 0. The monoisotopic (exact) mass is 295 g/mol. The van der Waals surface area contributed by atoms with E-state index in [1.165, 1.54) is 26.0 Å². The number of benzene rings is 1. The van der Waals surface area contributed by atoms with E-state index in [-0.39, 0.29) is 18.4 Å². The molecule has 6 heteroatoms. The summed E-state index contributed by atoms with van der Waals surface area (Å²) in [4.78, 5) is 35.5. The highest BCUT2D eigenvalue weighted by molar-refractivity contribution is 6.12. The Labute approximate surface area is 122 Å². The Morgan fingerprint density at radius 1 is 1.29 bits per heavy atom. The zero-order valence-corrected chi connectivity index (χ0v) is 12.2. The molecule has 0 fully saturated rings. The van der Waals surface area contributed by atoms with Crippen molar-refractivity contribution in [1.29, 1.82) is 0 Å². The molecule has 0 aromatic heterocycles. The van der Waals surface area contributed by atoms with Crippen molar-refractivity contribution >= 4 is 17.7 Å². The molecule has 0 bridgehead atoms. The first-order valence-electron chi connectivity index (χ1n) is 6.63. The van der Waals surface area contributed by atoms with Crippen LogP contribution in [0, 0.1) is 12.7 Å². The van der Waals surface area contributed by atoms with Crippen LogP contribution in [0.3, 0.4) is 0 Å². The number of aliphatic carboxylic acids is 1. The van der Waals surface area contributed by atoms with Crippen LogP contribution in [0.5, 0.6) is 0 Å². The fourth-order valence-corrected chi connectivity index (χ4v) is 1.98. The van der Waals surface area contributed by atoms with Crippen LogP contribution in [0.15, 0.2) is 18.2 Å². The van der Waals surface area contributed by atoms with E-state index < -0.39 is 29.0 Å². The summed E-state index contributed by atoms with van der Waals surface area (Å²) in [6.07, 6.45) is -0.113. The molecule has 0 aliphatic rings. The van der Waals surface area contributed by atoms with Gasteiger partial charge in [0.25, 0.3) is 5.91 Å². The van der Waals surface area contributed by atoms with E-state index in [1.807, 2.05) is 0 Å². The minimum Gasteiger partial charge on any atom is -0.479 e. The number of nitrogens with one attached hydrogen (secondary N) is 1. The van der Waals surface area contributed by atoms with E-state index in [2.05, 4.69) is 5.32 Å². The molecule has 1 unspecified atom stereocenters. The number of carbonyl (C=O) groups excluding carboxylic acids is 2. The Morgan fingerprint density at radius 2 is 1.90 bits per heavy atom. The van der Waals surface area contributed by atoms with Crippen LogP contribution in [-0.4, -0.2) is 28.3 Å². The molecule has 21 heavy (non-hydrogen) atoms. The molecular formula is C15H18FNO4. The summed E-state index contributed by atoms with van der Waals surface area (Å²) in [7, 11) is 0. The first kappa shape index (κ1) is 16.8. The largest absolute Gasteiger partial charge is 0.479 e. The van der Waals surface area contributed by atoms with E-state index in [0.29, 0.717) is 5.56 Å². The molecule has 0 saturated carbocycles. The van der Waals surface area contributed by atoms with Gasteiger partial charge in [-0.2, -0.15) is 0 Å². The lowest BCUT2D eigenvalue weighted by atomic mass is 9.88. The molecule has 1 rings (SSSR count). The van der Waals surface area contributed by atoms with Crippen LogP contribution >= 0.6 is 0 Å². The van der Waals surface area contributed by atoms with Crippen LogP contribution in [0.4, 0.5) is 4.39 Å². The van der Waals surface area contributed by atoms with Crippen LogP contribution < -0.4 is 5.32 Å². The third-order valence-electron chi connectivity index (χ3n) is 3.45. The number of ketones is 1. The number of halogens is 1. The average molecular weight is 295 g/mol. The zero-order valence-electron chi connectivity index (χ0n) is 12.2. The highest BCUT2D eigenvalue weighted by Crippen LogP contribution is 2.17. The van der Waals surface area contributed by atoms with Gasteiger partial charge in [0.15, 0.2) is 11.3 Å². The molecule has 1 amide bonds. The van der Waals surface area contributed by atoms with Gasteiger partial charge >= 0.3 is 5.97 Å². The van der Waals surface area contributed by atoms with Crippen molar-refractivity contribution in [2.24, 2.45) is 0 Å². The van der Waals surface area contributed by atoms with E-state index in [9.17, 15) is 23.9 Å². The summed E-state index contributed by atoms with van der Waals surface area (Å²) in [6.45, 7) is 4.57. The van der Waals surface area contributed by atoms with Gasteiger partial charge in [0.05, 0.1) is 0 Å². The lowest BCUT2D eigenvalue weighted by molar-refractivity contribution is -0.149. The second kappa shape index (κ2) is 6.47. The molecule has 5 nitrogen and oxygen atoms in total. The molecule has 0 aliphatic heterocycles. The summed E-state index contributed by atoms with van der Waals surface area (Å²) < 4.78 is 13.5. The average Bonchev–Trinajstić information content (AvgIpc) is 2.46. The van der Waals surface area contributed by atoms with Gasteiger partial charge in [0.1, 0.15) is 5.82 Å². The topological polar surface area (TPSA) is 83.5 Å². The second-order valence-electron chi connectivity index (χ2n) is 4.76. The first-order chi connectivity index (χ1) is 9.78. The summed E-state index contributed by atoms with van der Waals surface area (Å²) in [6, 6.07) is 3.82. The van der Waals surface area contributed by atoms with E-state index >= 15 is 0 Å². The SMILES string of the molecule is CCC(=O)C(CC)(NC(=O)c1ccc(C)c(F)c1)C(=O)O. The predicted octanol–water partition coefficient (Wildman–Crippen LogP) is 2.08. The van der Waals surface area contributed by atoms with Gasteiger partial charge in [-0.3, -0.25) is 9.59 Å². The lowest BCUT2D eigenvalue weighted by Gasteiger charge is -2.27. The van der Waals surface area contributed by atoms with Gasteiger partial charge in [-0.25, -0.2) is 9.18 Å². The normalized spacial score (nSPS) is 13.3. The number of aryl methyl sites for hydroxylation is 1. The Hall–Kier alpha value is -2.24. The predicted molar refractivity (Wildman–Crippen MR) is 74.6 cm³/mol. The molecule has 1 atom stereocenters. The number of carboxylic acids is 1. The molecule has 0 saturated heterocycles. The summed E-state index contributed by atoms with van der Waals surface area (Å²) in [5.74, 6) is -3.38. The number of hydrogen-bond donors (Lipinski definition) is 2. The molecule has 0 aliphatic carbocycles. The Kier molecular flexibility index (Phi) is 5.18. The van der Waals surface area contributed by atoms with Crippen LogP contribution in [-0.2, 0) is 9.59 Å². The van der Waals surface area contributed by atoms with Crippen molar-refractivity contribution < 1.29 is 23.9 Å². The van der Waals surface area contributed by atoms with E-state index in [4.69, 9.17) is 0 Å². The van der Waals surface area contributed by atoms with E-state index in [1.54, 1.807) is 6.92 Å². The molecule has 0 spiro atoms. The number of rotatable bonds is 6. The number of hydrogen-bond acceptors (Lipinski definition) is 3. The third kappa shape index (κ3) is 3.26. The minimum absolute atomic E-state index is 0.0251. The van der Waals surface area contributed by atoms with Crippen molar-refractivity contribution in [2.75, 3.05) is 0 Å². The maximum atomic E-state index is 13.5. The second-order valence-corrected chi connectivity index (χ2v) is 4.76. The minimum atomic E-state index is -1.98. The van der Waals surface area contributed by atoms with Gasteiger partial charge in [-0.05, 0) is 31.0 Å². The first-order valence-corrected chi connectivity index (χ1v) is 6.63. The molecule has 1 aromatic carbocycles. The highest BCUT2D eigenvalue weighted by atomic mass is 19.1. The quantitative estimate of drug-likeness (QED) is 0.787. The number of carbonyl (C=O) groups is 3. The van der Waals surface area contributed by atoms with Crippen molar-refractivity contribution in [3.63, 3.8) is 0 Å². The third-order valence-corrected chi connectivity index (χ3v) is 3.45. The van der Waals surface area contributed by atoms with Gasteiger partial charge < -0.3 is 10.4 Å². The fourth-order valence-electron chi connectivity index (χ4n) is 1.98. The molecule has 1 aromatic rings. The summed E-state index contributed by atoms with van der Waals surface area (Å²) in [5, 5.41) is 11.5. The van der Waals surface area contributed by atoms with E-state index in [0.717, 1.165) is 6.07 Å². The molecule has 2 N–H and O–H groups in total. The molecule has 0 heterocycles. The van der Waals surface area contributed by atoms with Gasteiger partial charge in [0, 0.05) is 12.0 Å². The Balaban J connectivity index is 3.14. The number of Topliss-reactive ketones (excluding diaryl/α,β-unsaturated/α-hetero) is 1. The van der Waals surface area contributed by atoms with Gasteiger partial charge in [-0.1, -0.05) is 19.9 Å². The van der Waals surface area contributed by atoms with Gasteiger partial charge in [0.2, 0.25) is 0 Å². The van der Waals surface area contributed by atoms with Crippen LogP contribution in [0.1, 0.15) is 42.6 Å². The Bertz CT molecular complexity index is 585. The Morgan fingerprint density at radius 3 is 2.33 bits per heavy atom. The maximum absolute atomic E-state index is 13.5. The van der Waals surface area contributed by atoms with Crippen molar-refractivity contribution in [3.05, 3.63) is 35.1 Å². The maximum Gasteiger partial charge on any atom is 0.337 e.